The normalized spacial score (nSPS) is 14.1. The van der Waals surface area contributed by atoms with Gasteiger partial charge in [-0.25, -0.2) is 4.79 Å². The number of nitrogens with one attached hydrogen (secondary N) is 2. The smallest absolute Gasteiger partial charge is 0.314 e. The van der Waals surface area contributed by atoms with E-state index in [1.165, 1.54) is 11.3 Å². The zero-order valence-electron chi connectivity index (χ0n) is 10.3. The van der Waals surface area contributed by atoms with Crippen LogP contribution >= 0.6 is 11.3 Å². The number of carbonyl (C=O) groups is 1. The van der Waals surface area contributed by atoms with Crippen LogP contribution in [0.15, 0.2) is 17.5 Å². The topological polar surface area (TPSA) is 61.4 Å². The van der Waals surface area contributed by atoms with Gasteiger partial charge in [-0.1, -0.05) is 19.4 Å². The minimum atomic E-state index is -1.00. The third-order valence-electron chi connectivity index (χ3n) is 2.46. The van der Waals surface area contributed by atoms with Gasteiger partial charge in [0.2, 0.25) is 0 Å². The van der Waals surface area contributed by atoms with Gasteiger partial charge in [0.1, 0.15) is 5.60 Å². The van der Waals surface area contributed by atoms with E-state index in [0.717, 1.165) is 17.7 Å². The first-order valence-corrected chi connectivity index (χ1v) is 6.72. The van der Waals surface area contributed by atoms with E-state index < -0.39 is 5.60 Å². The lowest BCUT2D eigenvalue weighted by atomic mass is 10.1. The Morgan fingerprint density at radius 3 is 2.88 bits per heavy atom. The largest absolute Gasteiger partial charge is 0.383 e. The number of unbranched alkanes of at least 4 members (excludes halogenated alkanes) is 1. The van der Waals surface area contributed by atoms with Gasteiger partial charge in [-0.05, 0) is 24.8 Å². The fourth-order valence-corrected chi connectivity index (χ4v) is 2.15. The quantitative estimate of drug-likeness (QED) is 0.682. The second kappa shape index (κ2) is 6.61. The number of aliphatic hydroxyl groups is 1. The standard InChI is InChI=1S/C12H20N2O2S/c1-3-4-7-13-11(15)14-9-12(2,16)10-6-5-8-17-10/h5-6,8,16H,3-4,7,9H2,1-2H3,(H2,13,14,15). The Morgan fingerprint density at radius 2 is 2.29 bits per heavy atom. The summed E-state index contributed by atoms with van der Waals surface area (Å²) in [6, 6.07) is 3.52. The molecule has 0 saturated heterocycles. The van der Waals surface area contributed by atoms with Crippen molar-refractivity contribution in [2.45, 2.75) is 32.3 Å². The van der Waals surface area contributed by atoms with Crippen molar-refractivity contribution in [3.63, 3.8) is 0 Å². The Morgan fingerprint density at radius 1 is 1.53 bits per heavy atom. The van der Waals surface area contributed by atoms with E-state index in [1.807, 2.05) is 17.5 Å². The first-order chi connectivity index (χ1) is 8.06. The third-order valence-corrected chi connectivity index (χ3v) is 3.58. The highest BCUT2D eigenvalue weighted by Gasteiger charge is 2.24. The highest BCUT2D eigenvalue weighted by molar-refractivity contribution is 7.10. The molecule has 0 aliphatic heterocycles. The van der Waals surface area contributed by atoms with Crippen molar-refractivity contribution in [3.05, 3.63) is 22.4 Å². The fraction of sp³-hybridized carbons (Fsp3) is 0.583. The molecule has 0 aromatic carbocycles. The summed E-state index contributed by atoms with van der Waals surface area (Å²) in [7, 11) is 0. The monoisotopic (exact) mass is 256 g/mol. The molecule has 1 rings (SSSR count). The maximum absolute atomic E-state index is 11.4. The van der Waals surface area contributed by atoms with E-state index >= 15 is 0 Å². The summed E-state index contributed by atoms with van der Waals surface area (Å²) in [5.41, 5.74) is -1.00. The molecule has 3 N–H and O–H groups in total. The summed E-state index contributed by atoms with van der Waals surface area (Å²) < 4.78 is 0. The van der Waals surface area contributed by atoms with Gasteiger partial charge in [-0.3, -0.25) is 0 Å². The van der Waals surface area contributed by atoms with Crippen molar-refractivity contribution < 1.29 is 9.90 Å². The Labute approximate surface area is 106 Å². The number of carbonyl (C=O) groups excluding carboxylic acids is 1. The molecular weight excluding hydrogens is 236 g/mol. The molecule has 2 amide bonds. The molecule has 1 heterocycles. The van der Waals surface area contributed by atoms with E-state index in [1.54, 1.807) is 6.92 Å². The minimum absolute atomic E-state index is 0.214. The Hall–Kier alpha value is -1.07. The number of urea groups is 1. The molecule has 0 aliphatic carbocycles. The lowest BCUT2D eigenvalue weighted by Gasteiger charge is -2.22. The molecule has 0 aliphatic rings. The molecule has 17 heavy (non-hydrogen) atoms. The van der Waals surface area contributed by atoms with Gasteiger partial charge in [-0.15, -0.1) is 11.3 Å². The van der Waals surface area contributed by atoms with E-state index in [4.69, 9.17) is 0 Å². The van der Waals surface area contributed by atoms with Crippen LogP contribution in [0.5, 0.6) is 0 Å². The van der Waals surface area contributed by atoms with Crippen LogP contribution in [0.1, 0.15) is 31.6 Å². The molecule has 96 valence electrons. The summed E-state index contributed by atoms with van der Waals surface area (Å²) in [4.78, 5) is 12.3. The highest BCUT2D eigenvalue weighted by atomic mass is 32.1. The maximum Gasteiger partial charge on any atom is 0.314 e. The van der Waals surface area contributed by atoms with Gasteiger partial charge >= 0.3 is 6.03 Å². The Balaban J connectivity index is 2.32. The Kier molecular flexibility index (Phi) is 5.44. The highest BCUT2D eigenvalue weighted by Crippen LogP contribution is 2.24. The molecule has 1 aromatic rings. The summed E-state index contributed by atoms with van der Waals surface area (Å²) in [5.74, 6) is 0. The molecule has 1 unspecified atom stereocenters. The number of hydrogen-bond donors (Lipinski definition) is 3. The molecule has 5 heteroatoms. The van der Waals surface area contributed by atoms with Gasteiger partial charge < -0.3 is 15.7 Å². The predicted octanol–water partition coefficient (Wildman–Crippen LogP) is 2.05. The summed E-state index contributed by atoms with van der Waals surface area (Å²) >= 11 is 1.48. The Bertz CT molecular complexity index is 336. The van der Waals surface area contributed by atoms with Crippen LogP contribution in [0.25, 0.3) is 0 Å². The summed E-state index contributed by atoms with van der Waals surface area (Å²) in [5, 5.41) is 17.5. The summed E-state index contributed by atoms with van der Waals surface area (Å²) in [6.45, 7) is 4.65. The van der Waals surface area contributed by atoms with Crippen LogP contribution in [0.3, 0.4) is 0 Å². The van der Waals surface area contributed by atoms with Crippen LogP contribution in [0, 0.1) is 0 Å². The lowest BCUT2D eigenvalue weighted by molar-refractivity contribution is 0.0631. The van der Waals surface area contributed by atoms with Crippen LogP contribution in [0.4, 0.5) is 4.79 Å². The van der Waals surface area contributed by atoms with Crippen molar-refractivity contribution in [1.29, 1.82) is 0 Å². The molecule has 0 bridgehead atoms. The fourth-order valence-electron chi connectivity index (χ4n) is 1.37. The van der Waals surface area contributed by atoms with Crippen molar-refractivity contribution >= 4 is 17.4 Å². The second-order valence-electron chi connectivity index (χ2n) is 4.21. The zero-order chi connectivity index (χ0) is 12.7. The molecule has 0 spiro atoms. The molecule has 4 nitrogen and oxygen atoms in total. The average Bonchev–Trinajstić information content (AvgIpc) is 2.81. The first-order valence-electron chi connectivity index (χ1n) is 5.84. The molecule has 0 radical (unpaired) electrons. The van der Waals surface area contributed by atoms with Gasteiger partial charge in [0, 0.05) is 11.4 Å². The molecule has 1 atom stereocenters. The number of hydrogen-bond acceptors (Lipinski definition) is 3. The average molecular weight is 256 g/mol. The third kappa shape index (κ3) is 4.75. The van der Waals surface area contributed by atoms with Crippen LogP contribution in [-0.4, -0.2) is 24.2 Å². The van der Waals surface area contributed by atoms with Gasteiger partial charge in [0.05, 0.1) is 6.54 Å². The SMILES string of the molecule is CCCCNC(=O)NCC(C)(O)c1cccs1. The van der Waals surface area contributed by atoms with E-state index in [0.29, 0.717) is 6.54 Å². The second-order valence-corrected chi connectivity index (χ2v) is 5.16. The number of thiophene rings is 1. The number of amides is 2. The molecule has 0 saturated carbocycles. The van der Waals surface area contributed by atoms with Crippen molar-refractivity contribution in [2.75, 3.05) is 13.1 Å². The first kappa shape index (κ1) is 14.0. The van der Waals surface area contributed by atoms with Crippen molar-refractivity contribution in [3.8, 4) is 0 Å². The minimum Gasteiger partial charge on any atom is -0.383 e. The van der Waals surface area contributed by atoms with Gasteiger partial charge in [-0.2, -0.15) is 0 Å². The lowest BCUT2D eigenvalue weighted by Crippen LogP contribution is -2.43. The van der Waals surface area contributed by atoms with Crippen LogP contribution in [0.2, 0.25) is 0 Å². The molecule has 0 fully saturated rings. The predicted molar refractivity (Wildman–Crippen MR) is 70.2 cm³/mol. The van der Waals surface area contributed by atoms with E-state index in [2.05, 4.69) is 17.6 Å². The molecular formula is C12H20N2O2S. The van der Waals surface area contributed by atoms with Crippen LogP contribution < -0.4 is 10.6 Å². The van der Waals surface area contributed by atoms with Gasteiger partial charge in [0.25, 0.3) is 0 Å². The van der Waals surface area contributed by atoms with Crippen LogP contribution in [-0.2, 0) is 5.60 Å². The van der Waals surface area contributed by atoms with Gasteiger partial charge in [0.15, 0.2) is 0 Å². The molecule has 1 aromatic heterocycles. The van der Waals surface area contributed by atoms with Crippen molar-refractivity contribution in [1.82, 2.24) is 10.6 Å². The van der Waals surface area contributed by atoms with E-state index in [-0.39, 0.29) is 12.6 Å². The zero-order valence-corrected chi connectivity index (χ0v) is 11.1. The maximum atomic E-state index is 11.4. The van der Waals surface area contributed by atoms with E-state index in [9.17, 15) is 9.90 Å². The summed E-state index contributed by atoms with van der Waals surface area (Å²) in [6.07, 6.45) is 2.02. The number of rotatable bonds is 6. The van der Waals surface area contributed by atoms with Crippen molar-refractivity contribution in [2.24, 2.45) is 0 Å².